The topological polar surface area (TPSA) is 90.8 Å². The Hall–Kier alpha value is -3.54. The van der Waals surface area contributed by atoms with Gasteiger partial charge in [0.15, 0.2) is 0 Å². The van der Waals surface area contributed by atoms with Gasteiger partial charge in [0.25, 0.3) is 5.91 Å². The minimum atomic E-state index is -0.487. The van der Waals surface area contributed by atoms with E-state index in [1.807, 2.05) is 58.2 Å². The van der Waals surface area contributed by atoms with Crippen molar-refractivity contribution in [1.82, 2.24) is 15.3 Å². The summed E-state index contributed by atoms with van der Waals surface area (Å²) < 4.78 is 19.7. The number of halogens is 1. The maximum Gasteiger partial charge on any atom is 0.251 e. The number of nitriles is 1. The van der Waals surface area contributed by atoms with Crippen LogP contribution in [0.3, 0.4) is 0 Å². The number of thiazole rings is 1. The minimum Gasteiger partial charge on any atom is -0.381 e. The summed E-state index contributed by atoms with van der Waals surface area (Å²) in [5.41, 5.74) is 3.41. The fourth-order valence-electron chi connectivity index (χ4n) is 4.30. The van der Waals surface area contributed by atoms with Crippen molar-refractivity contribution in [1.29, 1.82) is 5.26 Å². The summed E-state index contributed by atoms with van der Waals surface area (Å²) in [5.74, 6) is -0.0285. The molecule has 1 aliphatic heterocycles. The van der Waals surface area contributed by atoms with Crippen molar-refractivity contribution in [2.24, 2.45) is 5.92 Å². The Kier molecular flexibility index (Phi) is 11.0. The van der Waals surface area contributed by atoms with E-state index in [0.717, 1.165) is 48.3 Å². The molecule has 0 aliphatic carbocycles. The zero-order valence-electron chi connectivity index (χ0n) is 22.4. The molecule has 6 nitrogen and oxygen atoms in total. The SMILES string of the molecule is CC.CC.N#Cc1ccc(-c2ncc(CNC(=O)c3ccc4c(CC5CCOCC5)c[nH]c4c3)s2)c(F)c1. The van der Waals surface area contributed by atoms with Crippen LogP contribution in [0.25, 0.3) is 21.5 Å². The number of rotatable bonds is 6. The molecule has 8 heteroatoms. The minimum absolute atomic E-state index is 0.179. The van der Waals surface area contributed by atoms with Crippen LogP contribution in [0.4, 0.5) is 4.39 Å². The van der Waals surface area contributed by atoms with Crippen molar-refractivity contribution in [2.75, 3.05) is 13.2 Å². The molecule has 3 heterocycles. The first-order chi connectivity index (χ1) is 18.6. The Morgan fingerprint density at radius 3 is 2.66 bits per heavy atom. The van der Waals surface area contributed by atoms with E-state index in [1.54, 1.807) is 18.3 Å². The number of ether oxygens (including phenoxy) is 1. The van der Waals surface area contributed by atoms with Crippen LogP contribution in [0.5, 0.6) is 0 Å². The van der Waals surface area contributed by atoms with E-state index in [2.05, 4.69) is 15.3 Å². The molecule has 2 N–H and O–H groups in total. The average Bonchev–Trinajstić information content (AvgIpc) is 3.61. The van der Waals surface area contributed by atoms with Gasteiger partial charge in [-0.25, -0.2) is 9.37 Å². The van der Waals surface area contributed by atoms with Crippen molar-refractivity contribution in [2.45, 2.75) is 53.5 Å². The highest BCUT2D eigenvalue weighted by atomic mass is 32.1. The molecule has 2 aromatic heterocycles. The molecule has 1 saturated heterocycles. The fraction of sp³-hybridized carbons (Fsp3) is 0.367. The van der Waals surface area contributed by atoms with Gasteiger partial charge in [-0.2, -0.15) is 5.26 Å². The van der Waals surface area contributed by atoms with Crippen LogP contribution in [0.1, 0.15) is 66.9 Å². The molecule has 0 bridgehead atoms. The zero-order valence-corrected chi connectivity index (χ0v) is 23.3. The number of benzene rings is 2. The van der Waals surface area contributed by atoms with E-state index in [9.17, 15) is 9.18 Å². The first-order valence-electron chi connectivity index (χ1n) is 13.2. The molecular formula is C30H35FN4O2S. The van der Waals surface area contributed by atoms with Crippen molar-refractivity contribution in [3.05, 3.63) is 76.2 Å². The number of aromatic amines is 1. The Labute approximate surface area is 227 Å². The van der Waals surface area contributed by atoms with Gasteiger partial charge in [-0.3, -0.25) is 4.79 Å². The highest BCUT2D eigenvalue weighted by molar-refractivity contribution is 7.15. The number of hydrogen-bond acceptors (Lipinski definition) is 5. The maximum absolute atomic E-state index is 14.3. The molecule has 0 atom stereocenters. The number of aromatic nitrogens is 2. The molecular weight excluding hydrogens is 499 g/mol. The standard InChI is InChI=1S/C26H23FN4O2S.2C2H6/c27-23-10-17(12-28)1-3-22(23)26-31-15-20(34-26)14-30-25(32)18-2-4-21-19(13-29-24(21)11-18)9-16-5-7-33-8-6-16;2*1-2/h1-4,10-11,13,15-16,29H,5-9,14H2,(H,30,32);2*1-2H3. The summed E-state index contributed by atoms with van der Waals surface area (Å²) in [6, 6.07) is 12.0. The highest BCUT2D eigenvalue weighted by Gasteiger charge is 2.17. The largest absolute Gasteiger partial charge is 0.381 e. The molecule has 2 aromatic carbocycles. The number of nitrogens with one attached hydrogen (secondary N) is 2. The van der Waals surface area contributed by atoms with Gasteiger partial charge in [-0.05, 0) is 61.1 Å². The number of nitrogens with zero attached hydrogens (tertiary/aromatic N) is 2. The van der Waals surface area contributed by atoms with Crippen LogP contribution in [-0.2, 0) is 17.7 Å². The number of hydrogen-bond donors (Lipinski definition) is 2. The smallest absolute Gasteiger partial charge is 0.251 e. The summed E-state index contributed by atoms with van der Waals surface area (Å²) in [6.07, 6.45) is 6.87. The zero-order chi connectivity index (χ0) is 27.5. The van der Waals surface area contributed by atoms with Crippen molar-refractivity contribution in [3.8, 4) is 16.6 Å². The van der Waals surface area contributed by atoms with Crippen LogP contribution < -0.4 is 5.32 Å². The molecule has 1 fully saturated rings. The summed E-state index contributed by atoms with van der Waals surface area (Å²) in [7, 11) is 0. The average molecular weight is 535 g/mol. The summed E-state index contributed by atoms with van der Waals surface area (Å²) in [4.78, 5) is 21.1. The Balaban J connectivity index is 0.000000956. The maximum atomic E-state index is 14.3. The molecule has 0 spiro atoms. The van der Waals surface area contributed by atoms with Crippen LogP contribution in [0.15, 0.2) is 48.8 Å². The van der Waals surface area contributed by atoms with Crippen molar-refractivity contribution >= 4 is 28.1 Å². The molecule has 200 valence electrons. The first kappa shape index (κ1) is 29.0. The summed E-state index contributed by atoms with van der Waals surface area (Å²) in [5, 5.41) is 13.5. The van der Waals surface area contributed by atoms with E-state index >= 15 is 0 Å². The normalized spacial score (nSPS) is 13.1. The lowest BCUT2D eigenvalue weighted by Crippen LogP contribution is -2.22. The monoisotopic (exact) mass is 534 g/mol. The van der Waals surface area contributed by atoms with Crippen LogP contribution in [0.2, 0.25) is 0 Å². The molecule has 0 saturated carbocycles. The lowest BCUT2D eigenvalue weighted by molar-refractivity contribution is 0.0666. The van der Waals surface area contributed by atoms with E-state index in [0.29, 0.717) is 28.6 Å². The van der Waals surface area contributed by atoms with E-state index < -0.39 is 5.82 Å². The number of H-pyrrole nitrogens is 1. The Bertz CT molecular complexity index is 1380. The second-order valence-electron chi connectivity index (χ2n) is 8.45. The molecule has 1 aliphatic rings. The predicted octanol–water partition coefficient (Wildman–Crippen LogP) is 7.25. The van der Waals surface area contributed by atoms with Gasteiger partial charge in [0.1, 0.15) is 10.8 Å². The Morgan fingerprint density at radius 1 is 1.18 bits per heavy atom. The van der Waals surface area contributed by atoms with Crippen LogP contribution in [-0.4, -0.2) is 29.1 Å². The van der Waals surface area contributed by atoms with Gasteiger partial charge in [-0.15, -0.1) is 11.3 Å². The second kappa shape index (κ2) is 14.4. The van der Waals surface area contributed by atoms with Gasteiger partial charge in [-0.1, -0.05) is 33.8 Å². The highest BCUT2D eigenvalue weighted by Crippen LogP contribution is 2.29. The van der Waals surface area contributed by atoms with Gasteiger partial charge in [0, 0.05) is 52.5 Å². The molecule has 38 heavy (non-hydrogen) atoms. The lowest BCUT2D eigenvalue weighted by atomic mass is 9.92. The van der Waals surface area contributed by atoms with Gasteiger partial charge >= 0.3 is 0 Å². The Morgan fingerprint density at radius 2 is 1.95 bits per heavy atom. The number of fused-ring (bicyclic) bond motifs is 1. The lowest BCUT2D eigenvalue weighted by Gasteiger charge is -2.21. The summed E-state index contributed by atoms with van der Waals surface area (Å²) in [6.45, 7) is 9.97. The van der Waals surface area contributed by atoms with E-state index in [-0.39, 0.29) is 11.5 Å². The number of carbonyl (C=O) groups excluding carboxylic acids is 1. The third-order valence-corrected chi connectivity index (χ3v) is 7.22. The molecule has 5 rings (SSSR count). The number of carbonyl (C=O) groups is 1. The van der Waals surface area contributed by atoms with Crippen molar-refractivity contribution < 1.29 is 13.9 Å². The quantitative estimate of drug-likeness (QED) is 0.272. The molecule has 4 aromatic rings. The first-order valence-corrected chi connectivity index (χ1v) is 14.0. The van der Waals surface area contributed by atoms with Gasteiger partial charge in [0.05, 0.1) is 18.2 Å². The van der Waals surface area contributed by atoms with E-state index in [1.165, 1.54) is 23.0 Å². The number of amides is 1. The van der Waals surface area contributed by atoms with Gasteiger partial charge in [0.2, 0.25) is 0 Å². The van der Waals surface area contributed by atoms with Gasteiger partial charge < -0.3 is 15.0 Å². The molecule has 0 radical (unpaired) electrons. The predicted molar refractivity (Wildman–Crippen MR) is 152 cm³/mol. The molecule has 1 amide bonds. The third-order valence-electron chi connectivity index (χ3n) is 6.18. The fourth-order valence-corrected chi connectivity index (χ4v) is 5.18. The van der Waals surface area contributed by atoms with Crippen LogP contribution >= 0.6 is 11.3 Å². The third kappa shape index (κ3) is 7.06. The summed E-state index contributed by atoms with van der Waals surface area (Å²) >= 11 is 1.31. The van der Waals surface area contributed by atoms with Crippen LogP contribution in [0, 0.1) is 23.1 Å². The van der Waals surface area contributed by atoms with Crippen molar-refractivity contribution in [3.63, 3.8) is 0 Å². The second-order valence-corrected chi connectivity index (χ2v) is 9.57. The van der Waals surface area contributed by atoms with E-state index in [4.69, 9.17) is 10.00 Å². The molecule has 0 unspecified atom stereocenters.